The molecule has 7 heteroatoms. The van der Waals surface area contributed by atoms with Gasteiger partial charge in [0, 0.05) is 31.7 Å². The number of hydrogen-bond acceptors (Lipinski definition) is 5. The van der Waals surface area contributed by atoms with E-state index >= 15 is 0 Å². The number of rotatable bonds is 4. The van der Waals surface area contributed by atoms with Crippen LogP contribution in [0.2, 0.25) is 0 Å². The lowest BCUT2D eigenvalue weighted by Crippen LogP contribution is -2.49. The summed E-state index contributed by atoms with van der Waals surface area (Å²) in [7, 11) is 0. The lowest BCUT2D eigenvalue weighted by atomic mass is 10.1. The van der Waals surface area contributed by atoms with Crippen LogP contribution in [-0.4, -0.2) is 47.2 Å². The van der Waals surface area contributed by atoms with E-state index in [1.54, 1.807) is 36.4 Å². The van der Waals surface area contributed by atoms with Gasteiger partial charge in [-0.15, -0.1) is 5.10 Å². The van der Waals surface area contributed by atoms with Crippen molar-refractivity contribution < 1.29 is 13.9 Å². The maximum Gasteiger partial charge on any atom is 0.254 e. The standard InChI is InChI=1S/C22H21FN4O2/c1-16-5-10-21(25-24-16)26-11-13-27(14-12-26)22(28)17-3-2-4-20(15-17)29-19-8-6-18(23)7-9-19/h2-10,15H,11-14H2,1H3. The minimum absolute atomic E-state index is 0.0378. The van der Waals surface area contributed by atoms with E-state index < -0.39 is 0 Å². The first-order chi connectivity index (χ1) is 14.1. The maximum atomic E-state index is 13.0. The highest BCUT2D eigenvalue weighted by atomic mass is 19.1. The lowest BCUT2D eigenvalue weighted by molar-refractivity contribution is 0.0746. The second-order valence-electron chi connectivity index (χ2n) is 6.90. The van der Waals surface area contributed by atoms with Crippen molar-refractivity contribution in [3.05, 3.63) is 77.7 Å². The summed E-state index contributed by atoms with van der Waals surface area (Å²) >= 11 is 0. The van der Waals surface area contributed by atoms with E-state index in [1.165, 1.54) is 12.1 Å². The van der Waals surface area contributed by atoms with Crippen molar-refractivity contribution in [2.45, 2.75) is 6.92 Å². The molecule has 1 aromatic heterocycles. The third-order valence-electron chi connectivity index (χ3n) is 4.81. The summed E-state index contributed by atoms with van der Waals surface area (Å²) < 4.78 is 18.8. The van der Waals surface area contributed by atoms with E-state index in [2.05, 4.69) is 15.1 Å². The van der Waals surface area contributed by atoms with Crippen LogP contribution in [0.25, 0.3) is 0 Å². The topological polar surface area (TPSA) is 58.6 Å². The van der Waals surface area contributed by atoms with Crippen LogP contribution >= 0.6 is 0 Å². The van der Waals surface area contributed by atoms with Crippen LogP contribution in [0.15, 0.2) is 60.7 Å². The van der Waals surface area contributed by atoms with E-state index in [-0.39, 0.29) is 11.7 Å². The van der Waals surface area contributed by atoms with Gasteiger partial charge in [-0.05, 0) is 61.5 Å². The smallest absolute Gasteiger partial charge is 0.254 e. The molecule has 2 heterocycles. The summed E-state index contributed by atoms with van der Waals surface area (Å²) in [6.45, 7) is 4.53. The average Bonchev–Trinajstić information content (AvgIpc) is 2.76. The number of hydrogen-bond donors (Lipinski definition) is 0. The Morgan fingerprint density at radius 1 is 0.931 bits per heavy atom. The van der Waals surface area contributed by atoms with Crippen LogP contribution in [0.5, 0.6) is 11.5 Å². The number of halogens is 1. The molecule has 1 aliphatic heterocycles. The molecule has 29 heavy (non-hydrogen) atoms. The molecule has 0 N–H and O–H groups in total. The minimum atomic E-state index is -0.322. The third kappa shape index (κ3) is 4.51. The number of carbonyl (C=O) groups excluding carboxylic acids is 1. The molecule has 1 aliphatic rings. The van der Waals surface area contributed by atoms with Crippen molar-refractivity contribution in [2.75, 3.05) is 31.1 Å². The van der Waals surface area contributed by atoms with Gasteiger partial charge in [0.1, 0.15) is 17.3 Å². The number of benzene rings is 2. The van der Waals surface area contributed by atoms with Crippen molar-refractivity contribution in [3.63, 3.8) is 0 Å². The van der Waals surface area contributed by atoms with E-state index in [9.17, 15) is 9.18 Å². The molecule has 3 aromatic rings. The normalized spacial score (nSPS) is 14.0. The zero-order valence-electron chi connectivity index (χ0n) is 16.1. The van der Waals surface area contributed by atoms with Gasteiger partial charge in [-0.1, -0.05) is 6.07 Å². The van der Waals surface area contributed by atoms with Crippen molar-refractivity contribution >= 4 is 11.7 Å². The first-order valence-electron chi connectivity index (χ1n) is 9.46. The number of aryl methyl sites for hydroxylation is 1. The Morgan fingerprint density at radius 3 is 2.38 bits per heavy atom. The largest absolute Gasteiger partial charge is 0.457 e. The Labute approximate surface area is 168 Å². The van der Waals surface area contributed by atoms with E-state index in [0.717, 1.165) is 11.5 Å². The number of anilines is 1. The van der Waals surface area contributed by atoms with Crippen LogP contribution < -0.4 is 9.64 Å². The molecule has 0 unspecified atom stereocenters. The Balaban J connectivity index is 1.39. The van der Waals surface area contributed by atoms with Crippen molar-refractivity contribution in [1.29, 1.82) is 0 Å². The van der Waals surface area contributed by atoms with Gasteiger partial charge in [-0.3, -0.25) is 4.79 Å². The fourth-order valence-electron chi connectivity index (χ4n) is 3.21. The Morgan fingerprint density at radius 2 is 1.69 bits per heavy atom. The van der Waals surface area contributed by atoms with Crippen LogP contribution in [0, 0.1) is 12.7 Å². The molecule has 0 spiro atoms. The van der Waals surface area contributed by atoms with Gasteiger partial charge in [0.15, 0.2) is 5.82 Å². The summed E-state index contributed by atoms with van der Waals surface area (Å²) in [5, 5.41) is 8.32. The predicted octanol–water partition coefficient (Wildman–Crippen LogP) is 3.68. The zero-order valence-corrected chi connectivity index (χ0v) is 16.1. The highest BCUT2D eigenvalue weighted by Crippen LogP contribution is 2.23. The quantitative estimate of drug-likeness (QED) is 0.678. The minimum Gasteiger partial charge on any atom is -0.457 e. The molecule has 0 saturated carbocycles. The third-order valence-corrected chi connectivity index (χ3v) is 4.81. The van der Waals surface area contributed by atoms with E-state index in [1.807, 2.05) is 24.0 Å². The first kappa shape index (κ1) is 18.9. The SMILES string of the molecule is Cc1ccc(N2CCN(C(=O)c3cccc(Oc4ccc(F)cc4)c3)CC2)nn1. The lowest BCUT2D eigenvalue weighted by Gasteiger charge is -2.35. The number of ether oxygens (including phenoxy) is 1. The van der Waals surface area contributed by atoms with Crippen LogP contribution in [0.4, 0.5) is 10.2 Å². The monoisotopic (exact) mass is 392 g/mol. The van der Waals surface area contributed by atoms with Crippen LogP contribution in [-0.2, 0) is 0 Å². The number of aromatic nitrogens is 2. The number of nitrogens with zero attached hydrogens (tertiary/aromatic N) is 4. The fraction of sp³-hybridized carbons (Fsp3) is 0.227. The van der Waals surface area contributed by atoms with Gasteiger partial charge < -0.3 is 14.5 Å². The molecule has 0 radical (unpaired) electrons. The highest BCUT2D eigenvalue weighted by Gasteiger charge is 2.23. The van der Waals surface area contributed by atoms with Crippen molar-refractivity contribution in [3.8, 4) is 11.5 Å². The van der Waals surface area contributed by atoms with Gasteiger partial charge in [-0.2, -0.15) is 5.10 Å². The van der Waals surface area contributed by atoms with Crippen LogP contribution in [0.1, 0.15) is 16.1 Å². The number of carbonyl (C=O) groups is 1. The summed E-state index contributed by atoms with van der Waals surface area (Å²) in [5.41, 5.74) is 1.44. The van der Waals surface area contributed by atoms with Gasteiger partial charge in [0.05, 0.1) is 5.69 Å². The Bertz CT molecular complexity index is 984. The van der Waals surface area contributed by atoms with Gasteiger partial charge in [0.2, 0.25) is 0 Å². The molecule has 0 atom stereocenters. The van der Waals surface area contributed by atoms with E-state index in [0.29, 0.717) is 43.2 Å². The number of piperazine rings is 1. The summed E-state index contributed by atoms with van der Waals surface area (Å²) in [4.78, 5) is 16.9. The van der Waals surface area contributed by atoms with Crippen molar-refractivity contribution in [1.82, 2.24) is 15.1 Å². The first-order valence-corrected chi connectivity index (χ1v) is 9.46. The highest BCUT2D eigenvalue weighted by molar-refractivity contribution is 5.94. The maximum absolute atomic E-state index is 13.0. The zero-order chi connectivity index (χ0) is 20.2. The molecular weight excluding hydrogens is 371 g/mol. The molecule has 4 rings (SSSR count). The Kier molecular flexibility index (Phi) is 5.37. The Hall–Kier alpha value is -3.48. The summed E-state index contributed by atoms with van der Waals surface area (Å²) in [5.74, 6) is 1.53. The summed E-state index contributed by atoms with van der Waals surface area (Å²) in [6.07, 6.45) is 0. The molecule has 0 aliphatic carbocycles. The molecular formula is C22H21FN4O2. The molecule has 1 saturated heterocycles. The predicted molar refractivity (Wildman–Crippen MR) is 108 cm³/mol. The van der Waals surface area contributed by atoms with E-state index in [4.69, 9.17) is 4.74 Å². The molecule has 0 bridgehead atoms. The summed E-state index contributed by atoms with van der Waals surface area (Å²) in [6, 6.07) is 16.7. The molecule has 1 fully saturated rings. The van der Waals surface area contributed by atoms with Crippen LogP contribution in [0.3, 0.4) is 0 Å². The average molecular weight is 392 g/mol. The van der Waals surface area contributed by atoms with Crippen molar-refractivity contribution in [2.24, 2.45) is 0 Å². The molecule has 1 amide bonds. The van der Waals surface area contributed by atoms with Gasteiger partial charge >= 0.3 is 0 Å². The van der Waals surface area contributed by atoms with Gasteiger partial charge in [0.25, 0.3) is 5.91 Å². The molecule has 6 nitrogen and oxygen atoms in total. The second kappa shape index (κ2) is 8.26. The number of amides is 1. The van der Waals surface area contributed by atoms with Gasteiger partial charge in [-0.25, -0.2) is 4.39 Å². The fourth-order valence-corrected chi connectivity index (χ4v) is 3.21. The second-order valence-corrected chi connectivity index (χ2v) is 6.90. The molecule has 148 valence electrons. The molecule has 2 aromatic carbocycles.